The first-order chi connectivity index (χ1) is 39.5. The number of aromatic hydroxyl groups is 2. The molecule has 8 rings (SSSR count). The predicted molar refractivity (Wildman–Crippen MR) is 287 cm³/mol. The number of phenols is 2. The molecule has 5 heterocycles. The van der Waals surface area contributed by atoms with Crippen LogP contribution in [0.25, 0.3) is 10.8 Å². The third-order valence-corrected chi connectivity index (χ3v) is 16.7. The molecule has 5 fully saturated rings. The molecule has 0 spiro atoms. The van der Waals surface area contributed by atoms with E-state index in [0.717, 1.165) is 0 Å². The number of ketones is 2. The smallest absolute Gasteiger partial charge is 0.308 e. The first-order valence-electron chi connectivity index (χ1n) is 28.7. The van der Waals surface area contributed by atoms with Gasteiger partial charge in [0.15, 0.2) is 42.8 Å². The van der Waals surface area contributed by atoms with Gasteiger partial charge in [0.05, 0.1) is 71.8 Å². The highest BCUT2D eigenvalue weighted by Crippen LogP contribution is 2.46. The van der Waals surface area contributed by atoms with Gasteiger partial charge in [0.25, 0.3) is 0 Å². The zero-order valence-electron chi connectivity index (χ0n) is 49.3. The Morgan fingerprint density at radius 3 is 1.82 bits per heavy atom. The molecule has 2 aromatic carbocycles. The number of hydrogen-bond acceptors (Lipinski definition) is 26. The molecule has 5 aliphatic heterocycles. The van der Waals surface area contributed by atoms with Gasteiger partial charge in [-0.15, -0.1) is 0 Å². The fourth-order valence-electron chi connectivity index (χ4n) is 12.3. The number of esters is 2. The summed E-state index contributed by atoms with van der Waals surface area (Å²) in [6.45, 7) is 15.5. The van der Waals surface area contributed by atoms with Crippen molar-refractivity contribution in [2.75, 3.05) is 14.2 Å². The molecule has 5 saturated heterocycles. The predicted octanol–water partition coefficient (Wildman–Crippen LogP) is 1.87. The quantitative estimate of drug-likeness (QED) is 0.0931. The van der Waals surface area contributed by atoms with Crippen molar-refractivity contribution in [3.63, 3.8) is 0 Å². The van der Waals surface area contributed by atoms with Crippen LogP contribution in [0, 0.1) is 11.8 Å². The minimum absolute atomic E-state index is 0.0401. The Labute approximate surface area is 486 Å². The summed E-state index contributed by atoms with van der Waals surface area (Å²) in [5.41, 5.74) is -1.66. The maximum absolute atomic E-state index is 15.1. The van der Waals surface area contributed by atoms with E-state index in [2.05, 4.69) is 0 Å². The van der Waals surface area contributed by atoms with Crippen molar-refractivity contribution < 1.29 is 126 Å². The molecule has 6 aliphatic rings. The van der Waals surface area contributed by atoms with Gasteiger partial charge in [-0.05, 0) is 78.0 Å². The van der Waals surface area contributed by atoms with Gasteiger partial charge in [0, 0.05) is 65.2 Å². The molecule has 0 bridgehead atoms. The van der Waals surface area contributed by atoms with Crippen LogP contribution >= 0.6 is 0 Å². The fourth-order valence-corrected chi connectivity index (χ4v) is 12.3. The number of Topliss-reactive ketones (excluding diaryl/α,β-unsaturated/α-hetero) is 2. The lowest BCUT2D eigenvalue weighted by Gasteiger charge is -2.47. The van der Waals surface area contributed by atoms with Gasteiger partial charge in [-0.1, -0.05) is 13.8 Å². The summed E-state index contributed by atoms with van der Waals surface area (Å²) >= 11 is 0. The molecule has 472 valence electrons. The first-order valence-corrected chi connectivity index (χ1v) is 28.7. The van der Waals surface area contributed by atoms with Gasteiger partial charge in [0.2, 0.25) is 6.29 Å². The maximum Gasteiger partial charge on any atom is 0.308 e. The standard InChI is InChI=1S/C58H84O26/c1-22(2)57(69)84-56-28(8)77-43(21-58(56,10)70)81-37-18-41(73-24(4)48(37)65)80-36-19-42(74-25(5)47(36)64)83-55-33(54(72-12)51(68)46(63)23(3)59)15-31-13-30-14-32(16-34(61)44(30)49(66)45(31)50(55)67)79-40-20-38(78-29(9)60)53(27(7)76-40)82-39-17-35(62)52(71-11)26(6)75-39/h13-14,16,22-28,33,35-43,46-48,52-56,59,61-66,70H,15,17-21H2,1-12H3/t23-,24-,25-,26-,27-,28+,33+,35-,36-,37-,38-,39-,40+,41+,42+,43+,46+,47-,48-,52+,53+,54+,55+,56+,58+/m1/s1. The summed E-state index contributed by atoms with van der Waals surface area (Å²) in [4.78, 5) is 53.9. The fraction of sp³-hybridized carbons (Fsp3) is 0.759. The van der Waals surface area contributed by atoms with Crippen LogP contribution in [0.4, 0.5) is 0 Å². The lowest BCUT2D eigenvalue weighted by Crippen LogP contribution is -2.59. The number of benzene rings is 2. The Bertz CT molecular complexity index is 2620. The number of aliphatic hydroxyl groups excluding tert-OH is 5. The highest BCUT2D eigenvalue weighted by atomic mass is 16.7. The van der Waals surface area contributed by atoms with E-state index in [1.54, 1.807) is 41.5 Å². The number of phenolic OH excluding ortho intramolecular Hbond substituents is 2. The van der Waals surface area contributed by atoms with Crippen LogP contribution in [-0.4, -0.2) is 225 Å². The molecule has 0 amide bonds. The zero-order valence-corrected chi connectivity index (χ0v) is 49.3. The summed E-state index contributed by atoms with van der Waals surface area (Å²) in [5.74, 6) is -5.81. The van der Waals surface area contributed by atoms with Crippen LogP contribution in [0.5, 0.6) is 17.2 Å². The van der Waals surface area contributed by atoms with Crippen molar-refractivity contribution in [3.8, 4) is 17.2 Å². The SMILES string of the molecule is CO[C@@H]1[C@H](O)C[C@@H](O[C@H]2[C@@H](C)O[C@@H](Oc3cc(O)c4c(O)c5c(cc4c3)C[C@@H]([C@H](OC)C(=O)[C@@H](O)[C@@H](C)O)[C@H](O[C@H]3C[C@@H](O[C@H]4C[C@@H](O[C@H]6C[C@](C)(O)[C@@H](OC(=O)C(C)C)[C@H](C)O6)[C@H](O)[C@@H](C)O4)[C@H](O)[C@@H](C)O3)C5=O)C[C@H]2OC(C)=O)O[C@@H]1C. The van der Waals surface area contributed by atoms with Crippen molar-refractivity contribution in [2.24, 2.45) is 11.8 Å². The summed E-state index contributed by atoms with van der Waals surface area (Å²) in [5, 5.41) is 89.7. The Kier molecular flexibility index (Phi) is 21.1. The molecule has 25 atom stereocenters. The van der Waals surface area contributed by atoms with Gasteiger partial charge in [-0.3, -0.25) is 19.2 Å². The van der Waals surface area contributed by atoms with E-state index in [4.69, 9.17) is 66.3 Å². The second kappa shape index (κ2) is 27.0. The average Bonchev–Trinajstić information content (AvgIpc) is 2.44. The van der Waals surface area contributed by atoms with Gasteiger partial charge < -0.3 is 107 Å². The Morgan fingerprint density at radius 1 is 0.690 bits per heavy atom. The summed E-state index contributed by atoms with van der Waals surface area (Å²) < 4.78 is 84.3. The highest BCUT2D eigenvalue weighted by Gasteiger charge is 2.53. The van der Waals surface area contributed by atoms with Crippen LogP contribution < -0.4 is 4.74 Å². The summed E-state index contributed by atoms with van der Waals surface area (Å²) in [7, 11) is 2.65. The van der Waals surface area contributed by atoms with E-state index in [1.165, 1.54) is 60.1 Å². The number of methoxy groups -OCH3 is 2. The van der Waals surface area contributed by atoms with E-state index in [9.17, 15) is 55.2 Å². The number of fused-ring (bicyclic) bond motifs is 2. The van der Waals surface area contributed by atoms with E-state index in [0.29, 0.717) is 0 Å². The van der Waals surface area contributed by atoms with Gasteiger partial charge in [-0.25, -0.2) is 0 Å². The van der Waals surface area contributed by atoms with Crippen LogP contribution in [0.3, 0.4) is 0 Å². The Balaban J connectivity index is 1.01. The lowest BCUT2D eigenvalue weighted by atomic mass is 9.75. The molecule has 1 aliphatic carbocycles. The summed E-state index contributed by atoms with van der Waals surface area (Å²) in [6.07, 6.45) is -25.8. The topological polar surface area (TPSA) is 359 Å². The molecule has 0 unspecified atom stereocenters. The molecule has 2 aromatic rings. The van der Waals surface area contributed by atoms with E-state index >= 15 is 4.79 Å². The lowest BCUT2D eigenvalue weighted by molar-refractivity contribution is -0.334. The van der Waals surface area contributed by atoms with Crippen LogP contribution in [-0.2, 0) is 82.4 Å². The molecule has 8 N–H and O–H groups in total. The van der Waals surface area contributed by atoms with Crippen molar-refractivity contribution in [1.82, 2.24) is 0 Å². The van der Waals surface area contributed by atoms with Crippen molar-refractivity contribution >= 4 is 34.3 Å². The molecule has 0 aromatic heterocycles. The Hall–Kier alpha value is -4.30. The minimum atomic E-state index is -1.96. The van der Waals surface area contributed by atoms with E-state index in [-0.39, 0.29) is 66.2 Å². The van der Waals surface area contributed by atoms with Crippen molar-refractivity contribution in [2.45, 2.75) is 255 Å². The van der Waals surface area contributed by atoms with Crippen LogP contribution in [0.2, 0.25) is 0 Å². The second-order valence-electron chi connectivity index (χ2n) is 23.7. The normalized spacial score (nSPS) is 39.5. The number of aliphatic hydroxyl groups is 6. The third-order valence-electron chi connectivity index (χ3n) is 16.7. The van der Waals surface area contributed by atoms with E-state index in [1.807, 2.05) is 0 Å². The largest absolute Gasteiger partial charge is 0.507 e. The minimum Gasteiger partial charge on any atom is -0.507 e. The maximum atomic E-state index is 15.1. The number of rotatable bonds is 19. The molecular weight excluding hydrogens is 1110 g/mol. The molecule has 26 nitrogen and oxygen atoms in total. The van der Waals surface area contributed by atoms with Crippen LogP contribution in [0.1, 0.15) is 117 Å². The summed E-state index contributed by atoms with van der Waals surface area (Å²) in [6, 6.07) is 4.18. The van der Waals surface area contributed by atoms with Gasteiger partial charge >= 0.3 is 11.9 Å². The number of carbonyl (C=O) groups excluding carboxylic acids is 4. The average molecular weight is 1200 g/mol. The Morgan fingerprint density at radius 2 is 1.25 bits per heavy atom. The monoisotopic (exact) mass is 1200 g/mol. The third kappa shape index (κ3) is 14.3. The molecule has 0 saturated carbocycles. The number of hydrogen-bond donors (Lipinski definition) is 8. The van der Waals surface area contributed by atoms with Crippen molar-refractivity contribution in [3.05, 3.63) is 29.3 Å². The van der Waals surface area contributed by atoms with Gasteiger partial charge in [-0.2, -0.15) is 0 Å². The van der Waals surface area contributed by atoms with E-state index < -0.39 is 194 Å². The van der Waals surface area contributed by atoms with Crippen LogP contribution in [0.15, 0.2) is 18.2 Å². The molecule has 0 radical (unpaired) electrons. The molecule has 84 heavy (non-hydrogen) atoms. The zero-order chi connectivity index (χ0) is 61.5. The highest BCUT2D eigenvalue weighted by molar-refractivity contribution is 6.11. The number of carbonyl (C=O) groups is 4. The van der Waals surface area contributed by atoms with Crippen molar-refractivity contribution in [1.29, 1.82) is 0 Å². The number of ether oxygens (including phenoxy) is 14. The molecular formula is C58H84O26. The first kappa shape index (κ1) is 65.7. The van der Waals surface area contributed by atoms with Gasteiger partial charge in [0.1, 0.15) is 71.7 Å². The second-order valence-corrected chi connectivity index (χ2v) is 23.7. The molecule has 26 heteroatoms.